The van der Waals surface area contributed by atoms with Crippen molar-refractivity contribution in [3.8, 4) is 0 Å². The molecule has 2 N–H and O–H groups in total. The van der Waals surface area contributed by atoms with E-state index in [0.717, 1.165) is 19.4 Å². The Morgan fingerprint density at radius 3 is 2.42 bits per heavy atom. The molecule has 4 heteroatoms. The van der Waals surface area contributed by atoms with Crippen LogP contribution < -0.4 is 5.73 Å². The zero-order valence-corrected chi connectivity index (χ0v) is 12.5. The molecule has 2 unspecified atom stereocenters. The predicted molar refractivity (Wildman–Crippen MR) is 75.9 cm³/mol. The van der Waals surface area contributed by atoms with E-state index in [9.17, 15) is 4.79 Å². The van der Waals surface area contributed by atoms with Crippen LogP contribution >= 0.6 is 0 Å². The normalized spacial score (nSPS) is 26.7. The van der Waals surface area contributed by atoms with Crippen LogP contribution in [0.5, 0.6) is 0 Å². The van der Waals surface area contributed by atoms with Crippen molar-refractivity contribution in [3.05, 3.63) is 0 Å². The third-order valence-corrected chi connectivity index (χ3v) is 4.32. The zero-order chi connectivity index (χ0) is 14.0. The van der Waals surface area contributed by atoms with Gasteiger partial charge in [-0.25, -0.2) is 4.79 Å². The van der Waals surface area contributed by atoms with Crippen LogP contribution in [-0.4, -0.2) is 35.2 Å². The highest BCUT2D eigenvalue weighted by atomic mass is 16.6. The van der Waals surface area contributed by atoms with E-state index in [0.29, 0.717) is 5.92 Å². The van der Waals surface area contributed by atoms with Crippen LogP contribution in [0.1, 0.15) is 59.3 Å². The van der Waals surface area contributed by atoms with Crippen LogP contribution in [0, 0.1) is 5.92 Å². The summed E-state index contributed by atoms with van der Waals surface area (Å²) in [5.41, 5.74) is 5.97. The molecule has 1 heterocycles. The Kier molecular flexibility index (Phi) is 4.39. The van der Waals surface area contributed by atoms with Crippen LogP contribution in [0.15, 0.2) is 0 Å². The van der Waals surface area contributed by atoms with Crippen LogP contribution in [0.3, 0.4) is 0 Å². The maximum atomic E-state index is 12.3. The fourth-order valence-electron chi connectivity index (χ4n) is 3.04. The molecule has 2 atom stereocenters. The van der Waals surface area contributed by atoms with Crippen LogP contribution in [-0.2, 0) is 4.74 Å². The van der Waals surface area contributed by atoms with Gasteiger partial charge in [0.15, 0.2) is 0 Å². The molecular formula is C15H28N2O2. The van der Waals surface area contributed by atoms with Crippen molar-refractivity contribution in [1.29, 1.82) is 0 Å². The maximum Gasteiger partial charge on any atom is 0.410 e. The smallest absolute Gasteiger partial charge is 0.410 e. The van der Waals surface area contributed by atoms with Gasteiger partial charge in [-0.15, -0.1) is 0 Å². The van der Waals surface area contributed by atoms with Crippen LogP contribution in [0.4, 0.5) is 4.79 Å². The molecule has 0 aromatic carbocycles. The lowest BCUT2D eigenvalue weighted by molar-refractivity contribution is 0.00106. The second-order valence-corrected chi connectivity index (χ2v) is 7.01. The van der Waals surface area contributed by atoms with Crippen molar-refractivity contribution in [3.63, 3.8) is 0 Å². The Morgan fingerprint density at radius 1 is 1.21 bits per heavy atom. The molecule has 0 aromatic heterocycles. The number of carbonyl (C=O) groups excluding carboxylic acids is 1. The number of carbonyl (C=O) groups is 1. The first kappa shape index (κ1) is 14.6. The highest BCUT2D eigenvalue weighted by molar-refractivity contribution is 5.68. The standard InChI is InChI=1S/C15H28N2O2/c1-15(2,3)19-14(18)17-10-5-4-9-12(17)13(16)11-7-6-8-11/h11-13H,4-10,16H2,1-3H3. The quantitative estimate of drug-likeness (QED) is 0.837. The van der Waals surface area contributed by atoms with Crippen LogP contribution in [0.2, 0.25) is 0 Å². The lowest BCUT2D eigenvalue weighted by Gasteiger charge is -2.44. The average molecular weight is 268 g/mol. The second kappa shape index (κ2) is 5.70. The molecule has 4 nitrogen and oxygen atoms in total. The zero-order valence-electron chi connectivity index (χ0n) is 12.5. The molecule has 0 aromatic rings. The molecule has 0 bridgehead atoms. The number of amides is 1. The summed E-state index contributed by atoms with van der Waals surface area (Å²) >= 11 is 0. The Bertz CT molecular complexity index is 321. The summed E-state index contributed by atoms with van der Waals surface area (Å²) in [6, 6.07) is 0.301. The molecular weight excluding hydrogens is 240 g/mol. The molecule has 2 fully saturated rings. The van der Waals surface area contributed by atoms with Gasteiger partial charge in [0.05, 0.1) is 6.04 Å². The van der Waals surface area contributed by atoms with Gasteiger partial charge in [0.1, 0.15) is 5.60 Å². The average Bonchev–Trinajstić information content (AvgIpc) is 2.24. The number of nitrogens with two attached hydrogens (primary N) is 1. The third kappa shape index (κ3) is 3.62. The van der Waals surface area contributed by atoms with Crippen molar-refractivity contribution >= 4 is 6.09 Å². The van der Waals surface area contributed by atoms with Gasteiger partial charge in [-0.3, -0.25) is 0 Å². The molecule has 1 saturated carbocycles. The fraction of sp³-hybridized carbons (Fsp3) is 0.933. The predicted octanol–water partition coefficient (Wildman–Crippen LogP) is 2.90. The molecule has 1 saturated heterocycles. The number of hydrogen-bond acceptors (Lipinski definition) is 3. The summed E-state index contributed by atoms with van der Waals surface area (Å²) in [4.78, 5) is 14.2. The lowest BCUT2D eigenvalue weighted by atomic mass is 9.75. The van der Waals surface area contributed by atoms with E-state index in [1.165, 1.54) is 25.7 Å². The summed E-state index contributed by atoms with van der Waals surface area (Å²) in [6.07, 6.45) is 6.80. The molecule has 2 rings (SSSR count). The summed E-state index contributed by atoms with van der Waals surface area (Å²) in [7, 11) is 0. The molecule has 2 aliphatic rings. The van der Waals surface area contributed by atoms with Gasteiger partial charge in [0.25, 0.3) is 0 Å². The first-order valence-corrected chi connectivity index (χ1v) is 7.64. The number of likely N-dealkylation sites (tertiary alicyclic amines) is 1. The van der Waals surface area contributed by atoms with Gasteiger partial charge in [-0.05, 0) is 58.8 Å². The molecule has 1 aliphatic heterocycles. The van der Waals surface area contributed by atoms with Gasteiger partial charge in [0, 0.05) is 12.6 Å². The minimum absolute atomic E-state index is 0.126. The molecule has 19 heavy (non-hydrogen) atoms. The first-order valence-electron chi connectivity index (χ1n) is 7.64. The van der Waals surface area contributed by atoms with Gasteiger partial charge in [0.2, 0.25) is 0 Å². The van der Waals surface area contributed by atoms with Gasteiger partial charge >= 0.3 is 6.09 Å². The van der Waals surface area contributed by atoms with Crippen molar-refractivity contribution in [1.82, 2.24) is 4.90 Å². The van der Waals surface area contributed by atoms with E-state index in [4.69, 9.17) is 10.5 Å². The van der Waals surface area contributed by atoms with Crippen LogP contribution in [0.25, 0.3) is 0 Å². The number of hydrogen-bond donors (Lipinski definition) is 1. The maximum absolute atomic E-state index is 12.3. The van der Waals surface area contributed by atoms with E-state index >= 15 is 0 Å². The number of nitrogens with zero attached hydrogens (tertiary/aromatic N) is 1. The number of rotatable bonds is 2. The highest BCUT2D eigenvalue weighted by Gasteiger charge is 2.38. The Labute approximate surface area is 116 Å². The minimum atomic E-state index is -0.431. The van der Waals surface area contributed by atoms with E-state index < -0.39 is 5.60 Å². The first-order chi connectivity index (χ1) is 8.88. The minimum Gasteiger partial charge on any atom is -0.444 e. The SMILES string of the molecule is CC(C)(C)OC(=O)N1CCCCC1C(N)C1CCC1. The summed E-state index contributed by atoms with van der Waals surface area (Å²) in [6.45, 7) is 6.53. The summed E-state index contributed by atoms with van der Waals surface area (Å²) in [5, 5.41) is 0. The van der Waals surface area contributed by atoms with Crippen molar-refractivity contribution in [2.75, 3.05) is 6.54 Å². The highest BCUT2D eigenvalue weighted by Crippen LogP contribution is 2.34. The molecule has 1 amide bonds. The van der Waals surface area contributed by atoms with Crippen molar-refractivity contribution < 1.29 is 9.53 Å². The fourth-order valence-corrected chi connectivity index (χ4v) is 3.04. The monoisotopic (exact) mass is 268 g/mol. The largest absolute Gasteiger partial charge is 0.444 e. The topological polar surface area (TPSA) is 55.6 Å². The molecule has 0 radical (unpaired) electrons. The molecule has 110 valence electrons. The van der Waals surface area contributed by atoms with E-state index in [1.807, 2.05) is 25.7 Å². The Balaban J connectivity index is 2.00. The Morgan fingerprint density at radius 2 is 1.89 bits per heavy atom. The van der Waals surface area contributed by atoms with Crippen molar-refractivity contribution in [2.24, 2.45) is 11.7 Å². The molecule has 1 aliphatic carbocycles. The van der Waals surface area contributed by atoms with E-state index in [-0.39, 0.29) is 18.2 Å². The van der Waals surface area contributed by atoms with Crippen molar-refractivity contribution in [2.45, 2.75) is 77.0 Å². The lowest BCUT2D eigenvalue weighted by Crippen LogP contribution is -2.57. The summed E-state index contributed by atoms with van der Waals surface area (Å²) in [5.74, 6) is 0.605. The molecule has 0 spiro atoms. The second-order valence-electron chi connectivity index (χ2n) is 7.01. The van der Waals surface area contributed by atoms with Gasteiger partial charge in [-0.1, -0.05) is 6.42 Å². The Hall–Kier alpha value is -0.770. The van der Waals surface area contributed by atoms with E-state index in [1.54, 1.807) is 0 Å². The number of ether oxygens (including phenoxy) is 1. The third-order valence-electron chi connectivity index (χ3n) is 4.32. The van der Waals surface area contributed by atoms with Gasteiger partial charge in [-0.2, -0.15) is 0 Å². The van der Waals surface area contributed by atoms with E-state index in [2.05, 4.69) is 0 Å². The summed E-state index contributed by atoms with van der Waals surface area (Å²) < 4.78 is 5.52. The number of piperidine rings is 1. The van der Waals surface area contributed by atoms with Gasteiger partial charge < -0.3 is 15.4 Å².